The summed E-state index contributed by atoms with van der Waals surface area (Å²) in [6, 6.07) is 6.11. The fourth-order valence-corrected chi connectivity index (χ4v) is 2.96. The smallest absolute Gasteiger partial charge is 0.251 e. The van der Waals surface area contributed by atoms with Crippen molar-refractivity contribution in [1.29, 1.82) is 0 Å². The van der Waals surface area contributed by atoms with Gasteiger partial charge in [-0.05, 0) is 38.1 Å². The van der Waals surface area contributed by atoms with Gasteiger partial charge in [0.15, 0.2) is 9.84 Å². The van der Waals surface area contributed by atoms with Gasteiger partial charge < -0.3 is 10.6 Å². The first kappa shape index (κ1) is 17.9. The summed E-state index contributed by atoms with van der Waals surface area (Å²) in [5.41, 5.74) is 0.486. The van der Waals surface area contributed by atoms with E-state index in [0.717, 1.165) is 13.1 Å². The zero-order chi connectivity index (χ0) is 14.8. The van der Waals surface area contributed by atoms with E-state index in [1.165, 1.54) is 12.1 Å². The third-order valence-corrected chi connectivity index (χ3v) is 5.65. The van der Waals surface area contributed by atoms with Gasteiger partial charge in [0.05, 0.1) is 10.1 Å². The van der Waals surface area contributed by atoms with Crippen molar-refractivity contribution < 1.29 is 13.2 Å². The molecule has 0 bridgehead atoms. The number of rotatable bonds is 5. The van der Waals surface area contributed by atoms with Gasteiger partial charge in [-0.25, -0.2) is 8.42 Å². The van der Waals surface area contributed by atoms with Crippen LogP contribution in [0.1, 0.15) is 24.2 Å². The van der Waals surface area contributed by atoms with Crippen LogP contribution >= 0.6 is 12.4 Å². The first-order valence-electron chi connectivity index (χ1n) is 6.74. The number of halogens is 1. The van der Waals surface area contributed by atoms with Gasteiger partial charge in [0.25, 0.3) is 5.91 Å². The number of benzene rings is 1. The summed E-state index contributed by atoms with van der Waals surface area (Å²) >= 11 is 0. The predicted molar refractivity (Wildman–Crippen MR) is 84.7 cm³/mol. The maximum atomic E-state index is 12.0. The third kappa shape index (κ3) is 4.18. The monoisotopic (exact) mass is 332 g/mol. The molecule has 0 aromatic heterocycles. The van der Waals surface area contributed by atoms with Crippen molar-refractivity contribution >= 4 is 28.2 Å². The Hall–Kier alpha value is -1.11. The molecule has 1 aromatic carbocycles. The highest BCUT2D eigenvalue weighted by Gasteiger charge is 2.20. The third-order valence-electron chi connectivity index (χ3n) is 3.48. The Kier molecular flexibility index (Phi) is 6.19. The second-order valence-corrected chi connectivity index (χ2v) is 7.86. The van der Waals surface area contributed by atoms with Crippen LogP contribution in [0.2, 0.25) is 0 Å². The number of nitrogens with one attached hydrogen (secondary N) is 2. The van der Waals surface area contributed by atoms with Crippen molar-refractivity contribution in [2.45, 2.75) is 24.0 Å². The molecule has 0 aliphatic carbocycles. The Morgan fingerprint density at radius 2 is 1.86 bits per heavy atom. The van der Waals surface area contributed by atoms with Crippen LogP contribution in [0.4, 0.5) is 0 Å². The number of sulfone groups is 1. The van der Waals surface area contributed by atoms with Crippen LogP contribution in [0.5, 0.6) is 0 Å². The van der Waals surface area contributed by atoms with Crippen LogP contribution in [-0.4, -0.2) is 39.2 Å². The summed E-state index contributed by atoms with van der Waals surface area (Å²) < 4.78 is 23.9. The minimum atomic E-state index is -3.28. The lowest BCUT2D eigenvalue weighted by molar-refractivity contribution is 0.0942. The fraction of sp³-hybridized carbons (Fsp3) is 0.500. The molecular formula is C14H21ClN2O3S. The summed E-state index contributed by atoms with van der Waals surface area (Å²) in [6.07, 6.45) is 0. The largest absolute Gasteiger partial charge is 0.352 e. The molecular weight excluding hydrogens is 312 g/mol. The molecule has 1 aromatic rings. The normalized spacial score (nSPS) is 15.2. The molecule has 0 radical (unpaired) electrons. The topological polar surface area (TPSA) is 75.3 Å². The van der Waals surface area contributed by atoms with E-state index < -0.39 is 15.1 Å². The van der Waals surface area contributed by atoms with E-state index in [9.17, 15) is 13.2 Å². The fourth-order valence-electron chi connectivity index (χ4n) is 1.90. The number of amides is 1. The lowest BCUT2D eigenvalue weighted by Gasteiger charge is -2.27. The predicted octanol–water partition coefficient (Wildman–Crippen LogP) is 1.24. The molecule has 1 heterocycles. The number of carbonyl (C=O) groups excluding carboxylic acids is 1. The number of carbonyl (C=O) groups is 1. The van der Waals surface area contributed by atoms with E-state index in [2.05, 4.69) is 10.6 Å². The van der Waals surface area contributed by atoms with Crippen LogP contribution in [0.25, 0.3) is 0 Å². The van der Waals surface area contributed by atoms with E-state index in [0.29, 0.717) is 18.0 Å². The standard InChI is InChI=1S/C14H20N2O3S.ClH/c1-10(2)20(18,19)13-5-3-12(4-6-13)14(17)16-9-11-7-15-8-11;/h3-6,10-11,15H,7-9H2,1-2H3,(H,16,17);1H. The molecule has 0 spiro atoms. The highest BCUT2D eigenvalue weighted by atomic mass is 35.5. The van der Waals surface area contributed by atoms with E-state index in [4.69, 9.17) is 0 Å². The van der Waals surface area contributed by atoms with E-state index in [-0.39, 0.29) is 23.2 Å². The van der Waals surface area contributed by atoms with Crippen LogP contribution < -0.4 is 10.6 Å². The van der Waals surface area contributed by atoms with Crippen molar-refractivity contribution in [2.75, 3.05) is 19.6 Å². The van der Waals surface area contributed by atoms with Gasteiger partial charge in [0, 0.05) is 31.1 Å². The van der Waals surface area contributed by atoms with Gasteiger partial charge in [-0.1, -0.05) is 0 Å². The first-order chi connectivity index (χ1) is 9.41. The molecule has 1 saturated heterocycles. The Balaban J connectivity index is 0.00000220. The Labute approximate surface area is 131 Å². The van der Waals surface area contributed by atoms with E-state index in [1.807, 2.05) is 0 Å². The molecule has 1 aliphatic heterocycles. The molecule has 0 unspecified atom stereocenters. The highest BCUT2D eigenvalue weighted by molar-refractivity contribution is 7.92. The second kappa shape index (κ2) is 7.24. The lowest BCUT2D eigenvalue weighted by atomic mass is 10.0. The molecule has 7 heteroatoms. The summed E-state index contributed by atoms with van der Waals surface area (Å²) in [5, 5.41) is 5.53. The molecule has 0 atom stereocenters. The molecule has 5 nitrogen and oxygen atoms in total. The lowest BCUT2D eigenvalue weighted by Crippen LogP contribution is -2.48. The van der Waals surface area contributed by atoms with Gasteiger partial charge in [-0.2, -0.15) is 0 Å². The van der Waals surface area contributed by atoms with Crippen molar-refractivity contribution in [3.63, 3.8) is 0 Å². The van der Waals surface area contributed by atoms with Gasteiger partial charge in [0.2, 0.25) is 0 Å². The van der Waals surface area contributed by atoms with Gasteiger partial charge in [0.1, 0.15) is 0 Å². The van der Waals surface area contributed by atoms with Crippen LogP contribution in [-0.2, 0) is 9.84 Å². The summed E-state index contributed by atoms with van der Waals surface area (Å²) in [4.78, 5) is 12.2. The molecule has 2 N–H and O–H groups in total. The van der Waals surface area contributed by atoms with Gasteiger partial charge >= 0.3 is 0 Å². The Bertz CT molecular complexity index is 581. The SMILES string of the molecule is CC(C)S(=O)(=O)c1ccc(C(=O)NCC2CNC2)cc1.Cl. The average molecular weight is 333 g/mol. The zero-order valence-corrected chi connectivity index (χ0v) is 13.8. The highest BCUT2D eigenvalue weighted by Crippen LogP contribution is 2.16. The maximum absolute atomic E-state index is 12.0. The molecule has 1 aliphatic rings. The van der Waals surface area contributed by atoms with Gasteiger partial charge in [-0.3, -0.25) is 4.79 Å². The molecule has 0 saturated carbocycles. The quantitative estimate of drug-likeness (QED) is 0.850. The van der Waals surface area contributed by atoms with Crippen molar-refractivity contribution in [3.8, 4) is 0 Å². The summed E-state index contributed by atoms with van der Waals surface area (Å²) in [6.45, 7) is 5.81. The van der Waals surface area contributed by atoms with Gasteiger partial charge in [-0.15, -0.1) is 12.4 Å². The molecule has 21 heavy (non-hydrogen) atoms. The Morgan fingerprint density at radius 3 is 2.29 bits per heavy atom. The van der Waals surface area contributed by atoms with Crippen LogP contribution in [0, 0.1) is 5.92 Å². The molecule has 1 fully saturated rings. The average Bonchev–Trinajstić information content (AvgIpc) is 2.36. The minimum Gasteiger partial charge on any atom is -0.352 e. The zero-order valence-electron chi connectivity index (χ0n) is 12.1. The maximum Gasteiger partial charge on any atom is 0.251 e. The van der Waals surface area contributed by atoms with Crippen LogP contribution in [0.15, 0.2) is 29.2 Å². The second-order valence-electron chi connectivity index (χ2n) is 5.35. The van der Waals surface area contributed by atoms with Crippen molar-refractivity contribution in [1.82, 2.24) is 10.6 Å². The molecule has 118 valence electrons. The minimum absolute atomic E-state index is 0. The number of hydrogen-bond acceptors (Lipinski definition) is 4. The van der Waals surface area contributed by atoms with E-state index >= 15 is 0 Å². The molecule has 2 rings (SSSR count). The van der Waals surface area contributed by atoms with E-state index in [1.54, 1.807) is 26.0 Å². The Morgan fingerprint density at radius 1 is 1.29 bits per heavy atom. The number of hydrogen-bond donors (Lipinski definition) is 2. The first-order valence-corrected chi connectivity index (χ1v) is 8.29. The summed E-state index contributed by atoms with van der Waals surface area (Å²) in [7, 11) is -3.28. The van der Waals surface area contributed by atoms with Crippen molar-refractivity contribution in [2.24, 2.45) is 5.92 Å². The van der Waals surface area contributed by atoms with Crippen LogP contribution in [0.3, 0.4) is 0 Å². The molecule has 1 amide bonds. The summed E-state index contributed by atoms with van der Waals surface area (Å²) in [5.74, 6) is 0.338. The van der Waals surface area contributed by atoms with Crippen molar-refractivity contribution in [3.05, 3.63) is 29.8 Å².